The molecule has 1 amide bonds. The highest BCUT2D eigenvalue weighted by Crippen LogP contribution is 2.31. The molecule has 9 nitrogen and oxygen atoms in total. The van der Waals surface area contributed by atoms with Crippen molar-refractivity contribution in [2.24, 2.45) is 0 Å². The van der Waals surface area contributed by atoms with Gasteiger partial charge in [-0.1, -0.05) is 32.9 Å². The highest BCUT2D eigenvalue weighted by molar-refractivity contribution is 5.93. The van der Waals surface area contributed by atoms with E-state index in [0.717, 1.165) is 56.1 Å². The van der Waals surface area contributed by atoms with Crippen molar-refractivity contribution < 1.29 is 9.53 Å². The maximum absolute atomic E-state index is 13.5. The standard InChI is InChI=1S/C35H49N7O2/c1-24-9-10-25(34(2,3)4)19-29(24)37-31-20-30(33(43)36-26-15-16-40(7)21-26)38-32(39-31)22-41-17-18-42(35(5,6)23-41)27-11-13-28(44-8)14-12-27/h9-14,19-20,26H,15-18,21-23H2,1-8H3,(H,36,43)(H,37,38,39). The number of likely N-dealkylation sites (tertiary alicyclic amines) is 1. The van der Waals surface area contributed by atoms with Crippen LogP contribution in [-0.2, 0) is 12.0 Å². The van der Waals surface area contributed by atoms with Crippen LogP contribution in [0.15, 0.2) is 48.5 Å². The number of nitrogens with one attached hydrogen (secondary N) is 2. The van der Waals surface area contributed by atoms with Crippen LogP contribution in [0.5, 0.6) is 5.75 Å². The molecule has 2 aliphatic heterocycles. The summed E-state index contributed by atoms with van der Waals surface area (Å²) < 4.78 is 5.36. The minimum absolute atomic E-state index is 0.0151. The van der Waals surface area contributed by atoms with E-state index in [9.17, 15) is 4.79 Å². The number of hydrogen-bond acceptors (Lipinski definition) is 8. The Labute approximate surface area is 263 Å². The van der Waals surface area contributed by atoms with Gasteiger partial charge in [-0.2, -0.15) is 0 Å². The van der Waals surface area contributed by atoms with Crippen LogP contribution in [0.4, 0.5) is 17.2 Å². The largest absolute Gasteiger partial charge is 0.497 e. The molecule has 0 bridgehead atoms. The predicted octanol–water partition coefficient (Wildman–Crippen LogP) is 5.37. The number of amides is 1. The average molecular weight is 600 g/mol. The van der Waals surface area contributed by atoms with Crippen molar-refractivity contribution in [2.75, 3.05) is 57.1 Å². The molecule has 3 heterocycles. The topological polar surface area (TPSA) is 85.9 Å². The van der Waals surface area contributed by atoms with Crippen LogP contribution in [-0.4, -0.2) is 84.1 Å². The number of likely N-dealkylation sites (N-methyl/N-ethyl adjacent to an activating group) is 1. The van der Waals surface area contributed by atoms with E-state index in [0.29, 0.717) is 23.9 Å². The van der Waals surface area contributed by atoms with Gasteiger partial charge in [-0.3, -0.25) is 9.69 Å². The van der Waals surface area contributed by atoms with Crippen LogP contribution in [0.2, 0.25) is 0 Å². The monoisotopic (exact) mass is 599 g/mol. The molecule has 2 fully saturated rings. The van der Waals surface area contributed by atoms with Crippen molar-refractivity contribution >= 4 is 23.1 Å². The number of aryl methyl sites for hydroxylation is 1. The first-order valence-corrected chi connectivity index (χ1v) is 15.7. The number of hydrogen-bond donors (Lipinski definition) is 2. The lowest BCUT2D eigenvalue weighted by atomic mass is 9.86. The Kier molecular flexibility index (Phi) is 9.18. The van der Waals surface area contributed by atoms with Gasteiger partial charge >= 0.3 is 0 Å². The second-order valence-electron chi connectivity index (χ2n) is 14.1. The van der Waals surface area contributed by atoms with Gasteiger partial charge in [0, 0.05) is 55.2 Å². The maximum atomic E-state index is 13.5. The van der Waals surface area contributed by atoms with Crippen molar-refractivity contribution in [1.82, 2.24) is 25.1 Å². The van der Waals surface area contributed by atoms with Crippen molar-refractivity contribution in [3.05, 3.63) is 71.2 Å². The van der Waals surface area contributed by atoms with Gasteiger partial charge in [-0.05, 0) is 87.7 Å². The van der Waals surface area contributed by atoms with E-state index in [1.165, 1.54) is 11.3 Å². The molecule has 1 atom stereocenters. The summed E-state index contributed by atoms with van der Waals surface area (Å²) in [5, 5.41) is 6.74. The quantitative estimate of drug-likeness (QED) is 0.358. The van der Waals surface area contributed by atoms with Gasteiger partial charge in [0.1, 0.15) is 23.1 Å². The van der Waals surface area contributed by atoms with E-state index in [2.05, 4.69) is 104 Å². The summed E-state index contributed by atoms with van der Waals surface area (Å²) in [6, 6.07) is 16.7. The van der Waals surface area contributed by atoms with Gasteiger partial charge in [0.15, 0.2) is 0 Å². The summed E-state index contributed by atoms with van der Waals surface area (Å²) in [5.41, 5.74) is 4.83. The fourth-order valence-electron chi connectivity index (χ4n) is 6.25. The molecular formula is C35H49N7O2. The molecule has 3 aromatic rings. The molecule has 5 rings (SSSR count). The van der Waals surface area contributed by atoms with Crippen molar-refractivity contribution in [1.29, 1.82) is 0 Å². The van der Waals surface area contributed by atoms with E-state index >= 15 is 0 Å². The molecule has 0 aliphatic carbocycles. The van der Waals surface area contributed by atoms with Gasteiger partial charge in [-0.15, -0.1) is 0 Å². The predicted molar refractivity (Wildman–Crippen MR) is 178 cm³/mol. The van der Waals surface area contributed by atoms with E-state index in [1.54, 1.807) is 13.2 Å². The van der Waals surface area contributed by atoms with Gasteiger partial charge in [0.25, 0.3) is 5.91 Å². The van der Waals surface area contributed by atoms with E-state index < -0.39 is 0 Å². The van der Waals surface area contributed by atoms with Crippen molar-refractivity contribution in [2.45, 2.75) is 71.5 Å². The first-order valence-electron chi connectivity index (χ1n) is 15.7. The van der Waals surface area contributed by atoms with E-state index in [-0.39, 0.29) is 22.9 Å². The molecule has 2 saturated heterocycles. The fraction of sp³-hybridized carbons (Fsp3) is 0.514. The van der Waals surface area contributed by atoms with E-state index in [1.807, 2.05) is 12.1 Å². The number of methoxy groups -OCH3 is 1. The Morgan fingerprint density at radius 3 is 2.43 bits per heavy atom. The van der Waals surface area contributed by atoms with Crippen molar-refractivity contribution in [3.63, 3.8) is 0 Å². The zero-order chi connectivity index (χ0) is 31.6. The van der Waals surface area contributed by atoms with Crippen LogP contribution in [0.25, 0.3) is 0 Å². The summed E-state index contributed by atoms with van der Waals surface area (Å²) in [5.74, 6) is 1.98. The molecule has 2 aromatic carbocycles. The Hall–Kier alpha value is -3.69. The van der Waals surface area contributed by atoms with E-state index in [4.69, 9.17) is 14.7 Å². The summed E-state index contributed by atoms with van der Waals surface area (Å²) >= 11 is 0. The molecule has 236 valence electrons. The number of aromatic nitrogens is 2. The molecule has 0 saturated carbocycles. The molecule has 0 radical (unpaired) electrons. The Morgan fingerprint density at radius 1 is 1.05 bits per heavy atom. The van der Waals surface area contributed by atoms with Gasteiger partial charge in [0.2, 0.25) is 0 Å². The molecule has 0 spiro atoms. The number of anilines is 3. The number of carbonyl (C=O) groups excluding carboxylic acids is 1. The number of benzene rings is 2. The molecular weight excluding hydrogens is 550 g/mol. The van der Waals surface area contributed by atoms with Crippen LogP contribution >= 0.6 is 0 Å². The Balaban J connectivity index is 1.38. The van der Waals surface area contributed by atoms with Crippen LogP contribution < -0.4 is 20.3 Å². The third kappa shape index (κ3) is 7.50. The normalized spacial score (nSPS) is 19.2. The number of nitrogens with zero attached hydrogens (tertiary/aromatic N) is 5. The maximum Gasteiger partial charge on any atom is 0.270 e. The number of rotatable bonds is 8. The lowest BCUT2D eigenvalue weighted by Crippen LogP contribution is -2.59. The minimum atomic E-state index is -0.151. The second-order valence-corrected chi connectivity index (χ2v) is 14.1. The molecule has 2 N–H and O–H groups in total. The highest BCUT2D eigenvalue weighted by Gasteiger charge is 2.34. The molecule has 1 aromatic heterocycles. The van der Waals surface area contributed by atoms with Gasteiger partial charge in [0.05, 0.1) is 13.7 Å². The Bertz CT molecular complexity index is 1460. The van der Waals surface area contributed by atoms with Crippen LogP contribution in [0, 0.1) is 6.92 Å². The first-order chi connectivity index (χ1) is 20.8. The smallest absolute Gasteiger partial charge is 0.270 e. The SMILES string of the molecule is COc1ccc(N2CCN(Cc3nc(Nc4cc(C(C)(C)C)ccc4C)cc(C(=O)NC4CCN(C)C4)n3)CC2(C)C)cc1. The number of ether oxygens (including phenoxy) is 1. The average Bonchev–Trinajstić information content (AvgIpc) is 3.37. The Morgan fingerprint density at radius 2 is 1.80 bits per heavy atom. The summed E-state index contributed by atoms with van der Waals surface area (Å²) in [6.07, 6.45) is 0.942. The van der Waals surface area contributed by atoms with Gasteiger partial charge < -0.3 is 25.2 Å². The zero-order valence-electron chi connectivity index (χ0n) is 27.7. The molecule has 2 aliphatic rings. The third-order valence-electron chi connectivity index (χ3n) is 8.83. The molecule has 44 heavy (non-hydrogen) atoms. The number of piperazine rings is 1. The lowest BCUT2D eigenvalue weighted by Gasteiger charge is -2.48. The second kappa shape index (κ2) is 12.7. The summed E-state index contributed by atoms with van der Waals surface area (Å²) in [4.78, 5) is 30.3. The van der Waals surface area contributed by atoms with Gasteiger partial charge in [-0.25, -0.2) is 9.97 Å². The molecule has 9 heteroatoms. The zero-order valence-corrected chi connectivity index (χ0v) is 27.7. The minimum Gasteiger partial charge on any atom is -0.497 e. The fourth-order valence-corrected chi connectivity index (χ4v) is 6.25. The summed E-state index contributed by atoms with van der Waals surface area (Å²) in [7, 11) is 3.78. The van der Waals surface area contributed by atoms with Crippen molar-refractivity contribution in [3.8, 4) is 5.75 Å². The van der Waals surface area contributed by atoms with Crippen LogP contribution in [0.1, 0.15) is 68.5 Å². The highest BCUT2D eigenvalue weighted by atomic mass is 16.5. The number of carbonyl (C=O) groups is 1. The first kappa shape index (κ1) is 31.7. The molecule has 1 unspecified atom stereocenters. The lowest BCUT2D eigenvalue weighted by molar-refractivity contribution is 0.0932. The summed E-state index contributed by atoms with van der Waals surface area (Å²) in [6.45, 7) is 18.2. The van der Waals surface area contributed by atoms with Crippen LogP contribution in [0.3, 0.4) is 0 Å². The third-order valence-corrected chi connectivity index (χ3v) is 8.83.